The van der Waals surface area contributed by atoms with Crippen molar-refractivity contribution in [2.24, 2.45) is 11.8 Å². The summed E-state index contributed by atoms with van der Waals surface area (Å²) in [6, 6.07) is 6.16. The predicted octanol–water partition coefficient (Wildman–Crippen LogP) is 2.17. The number of benzene rings is 1. The van der Waals surface area contributed by atoms with Crippen LogP contribution in [-0.4, -0.2) is 43.6 Å². The fourth-order valence-corrected chi connectivity index (χ4v) is 3.33. The first-order chi connectivity index (χ1) is 10.1. The normalized spacial score (nSPS) is 23.1. The summed E-state index contributed by atoms with van der Waals surface area (Å²) in [6.45, 7) is 8.51. The number of nitrogens with zero attached hydrogens (tertiary/aromatic N) is 1. The molecule has 0 spiro atoms. The standard InChI is InChI=1S/C17H24N2O2.ClH/c1-12-3-4-13(2)16(7-12)21-6-5-17(20)19-10-14-8-18-9-15(14)11-19;/h3-4,7,14-15,18H,5-6,8-11H2,1-2H3;1H/t14-,15+;. The van der Waals surface area contributed by atoms with Crippen LogP contribution in [-0.2, 0) is 4.79 Å². The van der Waals surface area contributed by atoms with Crippen LogP contribution in [0.1, 0.15) is 17.5 Å². The number of rotatable bonds is 4. The van der Waals surface area contributed by atoms with Crippen LogP contribution >= 0.6 is 12.4 Å². The van der Waals surface area contributed by atoms with Crippen molar-refractivity contribution in [3.8, 4) is 5.75 Å². The SMILES string of the molecule is Cc1ccc(C)c(OCCC(=O)N2C[C@H]3CNC[C@H]3C2)c1.Cl. The Labute approximate surface area is 138 Å². The smallest absolute Gasteiger partial charge is 0.226 e. The van der Waals surface area contributed by atoms with Gasteiger partial charge in [-0.3, -0.25) is 4.79 Å². The van der Waals surface area contributed by atoms with Gasteiger partial charge in [-0.25, -0.2) is 0 Å². The number of halogens is 1. The largest absolute Gasteiger partial charge is 0.493 e. The van der Waals surface area contributed by atoms with Crippen molar-refractivity contribution < 1.29 is 9.53 Å². The lowest BCUT2D eigenvalue weighted by molar-refractivity contribution is -0.130. The molecule has 3 rings (SSSR count). The molecule has 2 fully saturated rings. The fraction of sp³-hybridized carbons (Fsp3) is 0.588. The molecule has 0 bridgehead atoms. The van der Waals surface area contributed by atoms with Gasteiger partial charge < -0.3 is 15.0 Å². The number of ether oxygens (including phenoxy) is 1. The van der Waals surface area contributed by atoms with E-state index in [0.717, 1.165) is 37.5 Å². The van der Waals surface area contributed by atoms with Gasteiger partial charge in [0.15, 0.2) is 0 Å². The third-order valence-corrected chi connectivity index (χ3v) is 4.66. The average Bonchev–Trinajstić information content (AvgIpc) is 3.03. The van der Waals surface area contributed by atoms with Crippen LogP contribution in [0.15, 0.2) is 18.2 Å². The number of carbonyl (C=O) groups is 1. The molecule has 5 heteroatoms. The summed E-state index contributed by atoms with van der Waals surface area (Å²) in [5, 5.41) is 3.40. The molecule has 122 valence electrons. The number of nitrogens with one attached hydrogen (secondary N) is 1. The average molecular weight is 325 g/mol. The van der Waals surface area contributed by atoms with Crippen LogP contribution in [0, 0.1) is 25.7 Å². The van der Waals surface area contributed by atoms with Gasteiger partial charge in [-0.05, 0) is 42.9 Å². The van der Waals surface area contributed by atoms with E-state index in [2.05, 4.69) is 24.4 Å². The van der Waals surface area contributed by atoms with Crippen molar-refractivity contribution in [2.45, 2.75) is 20.3 Å². The first-order valence-corrected chi connectivity index (χ1v) is 7.82. The lowest BCUT2D eigenvalue weighted by Gasteiger charge is -2.18. The molecule has 0 aliphatic carbocycles. The monoisotopic (exact) mass is 324 g/mol. The molecule has 2 atom stereocenters. The maximum atomic E-state index is 12.2. The van der Waals surface area contributed by atoms with Crippen molar-refractivity contribution in [3.63, 3.8) is 0 Å². The third-order valence-electron chi connectivity index (χ3n) is 4.66. The number of carbonyl (C=O) groups excluding carboxylic acids is 1. The molecule has 0 aromatic heterocycles. The molecular formula is C17H25ClN2O2. The van der Waals surface area contributed by atoms with E-state index >= 15 is 0 Å². The van der Waals surface area contributed by atoms with Crippen molar-refractivity contribution in [1.29, 1.82) is 0 Å². The zero-order valence-corrected chi connectivity index (χ0v) is 14.1. The lowest BCUT2D eigenvalue weighted by Crippen LogP contribution is -2.32. The van der Waals surface area contributed by atoms with E-state index in [1.54, 1.807) is 0 Å². The fourth-order valence-electron chi connectivity index (χ4n) is 3.33. The lowest BCUT2D eigenvalue weighted by atomic mass is 10.0. The quantitative estimate of drug-likeness (QED) is 0.923. The van der Waals surface area contributed by atoms with Gasteiger partial charge in [0.2, 0.25) is 5.91 Å². The number of aryl methyl sites for hydroxylation is 2. The zero-order valence-electron chi connectivity index (χ0n) is 13.3. The molecule has 2 aliphatic rings. The molecule has 2 heterocycles. The summed E-state index contributed by atoms with van der Waals surface area (Å²) in [6.07, 6.45) is 0.472. The molecule has 2 aliphatic heterocycles. The van der Waals surface area contributed by atoms with Gasteiger partial charge in [0.05, 0.1) is 13.0 Å². The highest BCUT2D eigenvalue weighted by molar-refractivity contribution is 5.85. The Balaban J connectivity index is 0.00000176. The number of amides is 1. The van der Waals surface area contributed by atoms with E-state index in [1.165, 1.54) is 5.56 Å². The summed E-state index contributed by atoms with van der Waals surface area (Å²) in [5.74, 6) is 2.45. The number of hydrogen-bond donors (Lipinski definition) is 1. The van der Waals surface area contributed by atoms with Crippen LogP contribution < -0.4 is 10.1 Å². The minimum absolute atomic E-state index is 0. The van der Waals surface area contributed by atoms with E-state index in [9.17, 15) is 4.79 Å². The van der Waals surface area contributed by atoms with Crippen LogP contribution in [0.25, 0.3) is 0 Å². The first-order valence-electron chi connectivity index (χ1n) is 7.82. The van der Waals surface area contributed by atoms with Gasteiger partial charge in [0, 0.05) is 26.2 Å². The maximum Gasteiger partial charge on any atom is 0.226 e. The minimum atomic E-state index is 0. The second kappa shape index (κ2) is 7.34. The Morgan fingerprint density at radius 2 is 1.95 bits per heavy atom. The molecule has 1 aromatic carbocycles. The highest BCUT2D eigenvalue weighted by atomic mass is 35.5. The molecule has 4 nitrogen and oxygen atoms in total. The Hall–Kier alpha value is -1.26. The van der Waals surface area contributed by atoms with E-state index in [0.29, 0.717) is 24.9 Å². The van der Waals surface area contributed by atoms with Crippen molar-refractivity contribution in [3.05, 3.63) is 29.3 Å². The molecule has 22 heavy (non-hydrogen) atoms. The van der Waals surface area contributed by atoms with E-state index in [-0.39, 0.29) is 18.3 Å². The predicted molar refractivity (Wildman–Crippen MR) is 89.7 cm³/mol. The maximum absolute atomic E-state index is 12.2. The Morgan fingerprint density at radius 1 is 1.27 bits per heavy atom. The molecule has 0 unspecified atom stereocenters. The third kappa shape index (κ3) is 3.73. The molecule has 0 radical (unpaired) electrons. The van der Waals surface area contributed by atoms with Gasteiger partial charge in [-0.2, -0.15) is 0 Å². The number of fused-ring (bicyclic) bond motifs is 1. The Morgan fingerprint density at radius 3 is 2.64 bits per heavy atom. The highest BCUT2D eigenvalue weighted by Gasteiger charge is 2.37. The van der Waals surface area contributed by atoms with Gasteiger partial charge in [-0.15, -0.1) is 12.4 Å². The summed E-state index contributed by atoms with van der Waals surface area (Å²) in [5.41, 5.74) is 2.30. The molecular weight excluding hydrogens is 300 g/mol. The first kappa shape index (κ1) is 17.1. The van der Waals surface area contributed by atoms with Crippen molar-refractivity contribution in [2.75, 3.05) is 32.8 Å². The molecule has 1 N–H and O–H groups in total. The summed E-state index contributed by atoms with van der Waals surface area (Å²) < 4.78 is 5.78. The molecule has 0 saturated carbocycles. The topological polar surface area (TPSA) is 41.6 Å². The van der Waals surface area contributed by atoms with Gasteiger partial charge in [-0.1, -0.05) is 12.1 Å². The van der Waals surface area contributed by atoms with Crippen LogP contribution in [0.5, 0.6) is 5.75 Å². The van der Waals surface area contributed by atoms with Crippen LogP contribution in [0.4, 0.5) is 0 Å². The van der Waals surface area contributed by atoms with E-state index in [1.807, 2.05) is 17.9 Å². The summed E-state index contributed by atoms with van der Waals surface area (Å²) >= 11 is 0. The van der Waals surface area contributed by atoms with E-state index < -0.39 is 0 Å². The van der Waals surface area contributed by atoms with Gasteiger partial charge in [0.1, 0.15) is 5.75 Å². The molecule has 1 aromatic rings. The number of likely N-dealkylation sites (tertiary alicyclic amines) is 1. The summed E-state index contributed by atoms with van der Waals surface area (Å²) in [7, 11) is 0. The number of hydrogen-bond acceptors (Lipinski definition) is 3. The molecule has 1 amide bonds. The van der Waals surface area contributed by atoms with Crippen molar-refractivity contribution >= 4 is 18.3 Å². The summed E-state index contributed by atoms with van der Waals surface area (Å²) in [4.78, 5) is 14.3. The Bertz CT molecular complexity index is 523. The second-order valence-electron chi connectivity index (χ2n) is 6.34. The van der Waals surface area contributed by atoms with Gasteiger partial charge in [0.25, 0.3) is 0 Å². The highest BCUT2D eigenvalue weighted by Crippen LogP contribution is 2.26. The van der Waals surface area contributed by atoms with E-state index in [4.69, 9.17) is 4.74 Å². The molecule has 2 saturated heterocycles. The van der Waals surface area contributed by atoms with Crippen LogP contribution in [0.3, 0.4) is 0 Å². The Kier molecular flexibility index (Phi) is 5.70. The van der Waals surface area contributed by atoms with Crippen molar-refractivity contribution in [1.82, 2.24) is 10.2 Å². The zero-order chi connectivity index (χ0) is 14.8. The van der Waals surface area contributed by atoms with Gasteiger partial charge >= 0.3 is 0 Å². The second-order valence-corrected chi connectivity index (χ2v) is 6.34. The van der Waals surface area contributed by atoms with Crippen LogP contribution in [0.2, 0.25) is 0 Å². The minimum Gasteiger partial charge on any atom is -0.493 e.